The summed E-state index contributed by atoms with van der Waals surface area (Å²) in [4.78, 5) is 4.56. The average Bonchev–Trinajstić information content (AvgIpc) is 2.75. The number of fused-ring (bicyclic) bond motifs is 1. The van der Waals surface area contributed by atoms with Crippen LogP contribution < -0.4 is 5.32 Å². The second kappa shape index (κ2) is 5.17. The Morgan fingerprint density at radius 1 is 1.20 bits per heavy atom. The van der Waals surface area contributed by atoms with Crippen molar-refractivity contribution in [1.82, 2.24) is 9.38 Å². The summed E-state index contributed by atoms with van der Waals surface area (Å²) < 4.78 is 2.11. The SMILES string of the molecule is Cc1ccc(Cl)cc1NCc1c(C)nc2ccccn12. The Morgan fingerprint density at radius 2 is 2.05 bits per heavy atom. The number of benzene rings is 1. The number of pyridine rings is 1. The average molecular weight is 286 g/mol. The van der Waals surface area contributed by atoms with E-state index in [1.807, 2.05) is 49.5 Å². The molecule has 0 spiro atoms. The number of hydrogen-bond donors (Lipinski definition) is 1. The number of hydrogen-bond acceptors (Lipinski definition) is 2. The Morgan fingerprint density at radius 3 is 2.90 bits per heavy atom. The summed E-state index contributed by atoms with van der Waals surface area (Å²) in [7, 11) is 0. The van der Waals surface area contributed by atoms with E-state index >= 15 is 0 Å². The molecule has 20 heavy (non-hydrogen) atoms. The van der Waals surface area contributed by atoms with Gasteiger partial charge in [-0.1, -0.05) is 23.7 Å². The number of imidazole rings is 1. The van der Waals surface area contributed by atoms with E-state index in [-0.39, 0.29) is 0 Å². The van der Waals surface area contributed by atoms with Crippen molar-refractivity contribution in [3.8, 4) is 0 Å². The molecule has 3 nitrogen and oxygen atoms in total. The molecule has 2 aromatic heterocycles. The van der Waals surface area contributed by atoms with E-state index in [1.165, 1.54) is 11.3 Å². The van der Waals surface area contributed by atoms with Gasteiger partial charge in [0.2, 0.25) is 0 Å². The van der Waals surface area contributed by atoms with Crippen LogP contribution in [-0.2, 0) is 6.54 Å². The van der Waals surface area contributed by atoms with Crippen molar-refractivity contribution in [3.05, 3.63) is 64.6 Å². The Kier molecular flexibility index (Phi) is 3.36. The third kappa shape index (κ3) is 2.37. The summed E-state index contributed by atoms with van der Waals surface area (Å²) in [5.41, 5.74) is 5.43. The van der Waals surface area contributed by atoms with Gasteiger partial charge in [0.15, 0.2) is 0 Å². The van der Waals surface area contributed by atoms with Gasteiger partial charge in [0.25, 0.3) is 0 Å². The molecule has 102 valence electrons. The molecule has 0 radical (unpaired) electrons. The van der Waals surface area contributed by atoms with Gasteiger partial charge in [0.1, 0.15) is 5.65 Å². The summed E-state index contributed by atoms with van der Waals surface area (Å²) in [5.74, 6) is 0. The van der Waals surface area contributed by atoms with Crippen LogP contribution in [0.2, 0.25) is 5.02 Å². The smallest absolute Gasteiger partial charge is 0.137 e. The van der Waals surface area contributed by atoms with E-state index in [4.69, 9.17) is 11.6 Å². The van der Waals surface area contributed by atoms with Crippen molar-refractivity contribution in [2.45, 2.75) is 20.4 Å². The standard InChI is InChI=1S/C16H16ClN3/c1-11-6-7-13(17)9-14(11)18-10-15-12(2)19-16-5-3-4-8-20(15)16/h3-9,18H,10H2,1-2H3. The Bertz CT molecular complexity index is 762. The topological polar surface area (TPSA) is 29.3 Å². The minimum atomic E-state index is 0.720. The number of aromatic nitrogens is 2. The number of halogens is 1. The highest BCUT2D eigenvalue weighted by atomic mass is 35.5. The summed E-state index contributed by atoms with van der Waals surface area (Å²) in [6.45, 7) is 4.83. The van der Waals surface area contributed by atoms with Gasteiger partial charge in [0, 0.05) is 16.9 Å². The third-order valence-electron chi connectivity index (χ3n) is 3.47. The molecule has 3 rings (SSSR count). The molecule has 1 aromatic carbocycles. The molecule has 4 heteroatoms. The predicted molar refractivity (Wildman–Crippen MR) is 83.4 cm³/mol. The van der Waals surface area contributed by atoms with E-state index < -0.39 is 0 Å². The highest BCUT2D eigenvalue weighted by molar-refractivity contribution is 6.30. The normalized spacial score (nSPS) is 10.9. The van der Waals surface area contributed by atoms with Crippen LogP contribution in [-0.4, -0.2) is 9.38 Å². The second-order valence-electron chi connectivity index (χ2n) is 4.89. The van der Waals surface area contributed by atoms with Crippen LogP contribution in [0.4, 0.5) is 5.69 Å². The van der Waals surface area contributed by atoms with Crippen molar-refractivity contribution in [2.24, 2.45) is 0 Å². The maximum absolute atomic E-state index is 6.05. The summed E-state index contributed by atoms with van der Waals surface area (Å²) in [6.07, 6.45) is 2.04. The quantitative estimate of drug-likeness (QED) is 0.781. The first-order chi connectivity index (χ1) is 9.65. The number of anilines is 1. The predicted octanol–water partition coefficient (Wildman–Crippen LogP) is 4.22. The van der Waals surface area contributed by atoms with Crippen LogP contribution in [0.25, 0.3) is 5.65 Å². The fourth-order valence-electron chi connectivity index (χ4n) is 2.34. The molecule has 3 aromatic rings. The van der Waals surface area contributed by atoms with Crippen LogP contribution in [0.15, 0.2) is 42.6 Å². The molecule has 0 bridgehead atoms. The van der Waals surface area contributed by atoms with E-state index in [0.717, 1.165) is 28.6 Å². The highest BCUT2D eigenvalue weighted by Gasteiger charge is 2.08. The first-order valence-electron chi connectivity index (χ1n) is 6.58. The number of nitrogens with one attached hydrogen (secondary N) is 1. The van der Waals surface area contributed by atoms with Crippen LogP contribution in [0, 0.1) is 13.8 Å². The van der Waals surface area contributed by atoms with Crippen LogP contribution >= 0.6 is 11.6 Å². The van der Waals surface area contributed by atoms with Gasteiger partial charge < -0.3 is 9.72 Å². The van der Waals surface area contributed by atoms with Crippen molar-refractivity contribution in [2.75, 3.05) is 5.32 Å². The Balaban J connectivity index is 1.90. The first-order valence-corrected chi connectivity index (χ1v) is 6.95. The zero-order valence-electron chi connectivity index (χ0n) is 11.5. The van der Waals surface area contributed by atoms with Gasteiger partial charge in [-0.3, -0.25) is 0 Å². The molecular weight excluding hydrogens is 270 g/mol. The molecule has 0 aliphatic rings. The molecule has 0 saturated carbocycles. The lowest BCUT2D eigenvalue weighted by Gasteiger charge is -2.10. The van der Waals surface area contributed by atoms with Crippen LogP contribution in [0.1, 0.15) is 17.0 Å². The Labute approximate surface area is 123 Å². The van der Waals surface area contributed by atoms with Crippen molar-refractivity contribution < 1.29 is 0 Å². The second-order valence-corrected chi connectivity index (χ2v) is 5.32. The molecule has 0 saturated heterocycles. The molecule has 2 heterocycles. The fourth-order valence-corrected chi connectivity index (χ4v) is 2.51. The van der Waals surface area contributed by atoms with E-state index in [0.29, 0.717) is 0 Å². The molecule has 0 fully saturated rings. The largest absolute Gasteiger partial charge is 0.379 e. The molecule has 0 atom stereocenters. The van der Waals surface area contributed by atoms with Crippen LogP contribution in [0.5, 0.6) is 0 Å². The van der Waals surface area contributed by atoms with E-state index in [9.17, 15) is 0 Å². The number of nitrogens with zero attached hydrogens (tertiary/aromatic N) is 2. The van der Waals surface area contributed by atoms with Gasteiger partial charge in [-0.15, -0.1) is 0 Å². The van der Waals surface area contributed by atoms with Gasteiger partial charge in [-0.05, 0) is 43.7 Å². The lowest BCUT2D eigenvalue weighted by Crippen LogP contribution is -2.05. The third-order valence-corrected chi connectivity index (χ3v) is 3.71. The van der Waals surface area contributed by atoms with Gasteiger partial charge in [-0.25, -0.2) is 4.98 Å². The fraction of sp³-hybridized carbons (Fsp3) is 0.188. The molecule has 1 N–H and O–H groups in total. The molecular formula is C16H16ClN3. The molecule has 0 unspecified atom stereocenters. The van der Waals surface area contributed by atoms with Crippen molar-refractivity contribution in [1.29, 1.82) is 0 Å². The van der Waals surface area contributed by atoms with Gasteiger partial charge in [0.05, 0.1) is 17.9 Å². The lowest BCUT2D eigenvalue weighted by atomic mass is 10.2. The first kappa shape index (κ1) is 13.0. The van der Waals surface area contributed by atoms with E-state index in [1.54, 1.807) is 0 Å². The monoisotopic (exact) mass is 285 g/mol. The summed E-state index contributed by atoms with van der Waals surface area (Å²) in [6, 6.07) is 11.9. The van der Waals surface area contributed by atoms with Gasteiger partial charge >= 0.3 is 0 Å². The van der Waals surface area contributed by atoms with Crippen molar-refractivity contribution >= 4 is 22.9 Å². The zero-order valence-corrected chi connectivity index (χ0v) is 12.3. The number of rotatable bonds is 3. The van der Waals surface area contributed by atoms with Crippen molar-refractivity contribution in [3.63, 3.8) is 0 Å². The van der Waals surface area contributed by atoms with E-state index in [2.05, 4.69) is 21.6 Å². The maximum Gasteiger partial charge on any atom is 0.137 e. The van der Waals surface area contributed by atoms with Crippen LogP contribution in [0.3, 0.4) is 0 Å². The summed E-state index contributed by atoms with van der Waals surface area (Å²) >= 11 is 6.05. The number of aryl methyl sites for hydroxylation is 2. The lowest BCUT2D eigenvalue weighted by molar-refractivity contribution is 0.985. The van der Waals surface area contributed by atoms with Gasteiger partial charge in [-0.2, -0.15) is 0 Å². The zero-order chi connectivity index (χ0) is 14.1. The molecule has 0 aliphatic heterocycles. The minimum absolute atomic E-state index is 0.720. The minimum Gasteiger partial charge on any atom is -0.379 e. The Hall–Kier alpha value is -2.00. The highest BCUT2D eigenvalue weighted by Crippen LogP contribution is 2.21. The molecule has 0 amide bonds. The summed E-state index contributed by atoms with van der Waals surface area (Å²) in [5, 5.41) is 4.19. The molecule has 0 aliphatic carbocycles. The maximum atomic E-state index is 6.05.